The quantitative estimate of drug-likeness (QED) is 0.489. The van der Waals surface area contributed by atoms with Crippen LogP contribution in [0.5, 0.6) is 5.75 Å². The second kappa shape index (κ2) is 9.46. The highest BCUT2D eigenvalue weighted by atomic mass is 19.4. The zero-order valence-electron chi connectivity index (χ0n) is 17.7. The fourth-order valence-corrected chi connectivity index (χ4v) is 3.97. The van der Waals surface area contributed by atoms with E-state index in [9.17, 15) is 27.9 Å². The molecule has 0 aliphatic heterocycles. The topological polar surface area (TPSA) is 84.9 Å². The Balaban J connectivity index is 1.41. The lowest BCUT2D eigenvalue weighted by Gasteiger charge is -2.18. The molecule has 0 aromatic heterocycles. The summed E-state index contributed by atoms with van der Waals surface area (Å²) in [6.07, 6.45) is -5.42. The van der Waals surface area contributed by atoms with Gasteiger partial charge in [-0.05, 0) is 39.9 Å². The molecule has 0 bridgehead atoms. The zero-order chi connectivity index (χ0) is 24.3. The molecular formula is C25H20F3NO5. The number of carboxylic acid groups (broad SMARTS) is 1. The lowest BCUT2D eigenvalue weighted by Crippen LogP contribution is -2.34. The molecule has 1 unspecified atom stereocenters. The van der Waals surface area contributed by atoms with E-state index in [2.05, 4.69) is 10.1 Å². The van der Waals surface area contributed by atoms with Crippen molar-refractivity contribution in [3.8, 4) is 16.9 Å². The molecule has 6 nitrogen and oxygen atoms in total. The van der Waals surface area contributed by atoms with Crippen LogP contribution in [-0.4, -0.2) is 36.6 Å². The Morgan fingerprint density at radius 2 is 1.47 bits per heavy atom. The number of fused-ring (bicyclic) bond motifs is 3. The summed E-state index contributed by atoms with van der Waals surface area (Å²) in [5.41, 5.74) is 4.30. The van der Waals surface area contributed by atoms with Crippen LogP contribution in [0, 0.1) is 0 Å². The first-order valence-electron chi connectivity index (χ1n) is 10.4. The first kappa shape index (κ1) is 23.2. The number of carbonyl (C=O) groups is 2. The lowest BCUT2D eigenvalue weighted by atomic mass is 9.98. The van der Waals surface area contributed by atoms with Gasteiger partial charge in [-0.1, -0.05) is 60.7 Å². The van der Waals surface area contributed by atoms with Crippen LogP contribution in [-0.2, 0) is 9.53 Å². The van der Waals surface area contributed by atoms with Crippen LogP contribution in [0.15, 0.2) is 72.8 Å². The third-order valence-electron chi connectivity index (χ3n) is 5.47. The van der Waals surface area contributed by atoms with E-state index in [1.807, 2.05) is 48.5 Å². The summed E-state index contributed by atoms with van der Waals surface area (Å²) < 4.78 is 46.8. The van der Waals surface area contributed by atoms with Crippen molar-refractivity contribution in [1.82, 2.24) is 5.32 Å². The van der Waals surface area contributed by atoms with Crippen LogP contribution in [0.3, 0.4) is 0 Å². The van der Waals surface area contributed by atoms with Gasteiger partial charge in [-0.3, -0.25) is 0 Å². The summed E-state index contributed by atoms with van der Waals surface area (Å²) in [6.45, 7) is -1.46. The van der Waals surface area contributed by atoms with Gasteiger partial charge in [0.05, 0.1) is 0 Å². The Bertz CT molecular complexity index is 1150. The van der Waals surface area contributed by atoms with Crippen molar-refractivity contribution in [1.29, 1.82) is 0 Å². The molecule has 1 aliphatic rings. The van der Waals surface area contributed by atoms with Crippen molar-refractivity contribution in [2.75, 3.05) is 13.2 Å². The lowest BCUT2D eigenvalue weighted by molar-refractivity contribution is -0.153. The number of alkyl halides is 3. The van der Waals surface area contributed by atoms with E-state index >= 15 is 0 Å². The van der Waals surface area contributed by atoms with Gasteiger partial charge in [0.15, 0.2) is 12.6 Å². The summed E-state index contributed by atoms with van der Waals surface area (Å²) in [7, 11) is 0. The molecule has 0 saturated carbocycles. The molecule has 2 N–H and O–H groups in total. The molecule has 0 heterocycles. The Labute approximate surface area is 192 Å². The van der Waals surface area contributed by atoms with E-state index in [0.717, 1.165) is 22.3 Å². The summed E-state index contributed by atoms with van der Waals surface area (Å²) in [5, 5.41) is 11.8. The third kappa shape index (κ3) is 5.14. The minimum Gasteiger partial charge on any atom is -0.484 e. The van der Waals surface area contributed by atoms with Gasteiger partial charge in [0.25, 0.3) is 0 Å². The van der Waals surface area contributed by atoms with Gasteiger partial charge in [0, 0.05) is 5.92 Å². The highest BCUT2D eigenvalue weighted by Crippen LogP contribution is 2.44. The van der Waals surface area contributed by atoms with Gasteiger partial charge in [-0.15, -0.1) is 0 Å². The molecule has 3 aromatic rings. The SMILES string of the molecule is O=C(NC(C(=O)O)c1ccc(OCC(F)(F)F)cc1)OCC1c2ccccc2-c2ccccc21. The van der Waals surface area contributed by atoms with Crippen molar-refractivity contribution < 1.29 is 37.3 Å². The highest BCUT2D eigenvalue weighted by molar-refractivity contribution is 5.82. The van der Waals surface area contributed by atoms with Crippen LogP contribution >= 0.6 is 0 Å². The smallest absolute Gasteiger partial charge is 0.422 e. The summed E-state index contributed by atoms with van der Waals surface area (Å²) >= 11 is 0. The van der Waals surface area contributed by atoms with E-state index in [1.165, 1.54) is 24.3 Å². The zero-order valence-corrected chi connectivity index (χ0v) is 17.7. The van der Waals surface area contributed by atoms with Gasteiger partial charge >= 0.3 is 18.2 Å². The van der Waals surface area contributed by atoms with Gasteiger partial charge in [-0.2, -0.15) is 13.2 Å². The molecule has 1 atom stereocenters. The minimum absolute atomic E-state index is 0.0103. The van der Waals surface area contributed by atoms with E-state index in [0.29, 0.717) is 0 Å². The maximum Gasteiger partial charge on any atom is 0.422 e. The molecule has 34 heavy (non-hydrogen) atoms. The number of hydrogen-bond acceptors (Lipinski definition) is 4. The fourth-order valence-electron chi connectivity index (χ4n) is 3.97. The number of aliphatic carboxylic acids is 1. The van der Waals surface area contributed by atoms with Crippen molar-refractivity contribution in [2.24, 2.45) is 0 Å². The molecule has 9 heteroatoms. The molecule has 0 radical (unpaired) electrons. The number of benzene rings is 3. The molecule has 176 valence electrons. The number of carbonyl (C=O) groups excluding carboxylic acids is 1. The Kier molecular flexibility index (Phi) is 6.45. The second-order valence-corrected chi connectivity index (χ2v) is 7.71. The fraction of sp³-hybridized carbons (Fsp3) is 0.200. The number of nitrogens with one attached hydrogen (secondary N) is 1. The average Bonchev–Trinajstić information content (AvgIpc) is 3.13. The summed E-state index contributed by atoms with van der Waals surface area (Å²) in [6, 6.07) is 19.1. The van der Waals surface area contributed by atoms with Crippen molar-refractivity contribution in [2.45, 2.75) is 18.1 Å². The molecule has 3 aromatic carbocycles. The summed E-state index contributed by atoms with van der Waals surface area (Å²) in [5.74, 6) is -1.62. The molecule has 0 saturated heterocycles. The summed E-state index contributed by atoms with van der Waals surface area (Å²) in [4.78, 5) is 24.2. The number of ether oxygens (including phenoxy) is 2. The standard InChI is InChI=1S/C25H20F3NO5/c26-25(27,28)14-34-16-11-9-15(10-12-16)22(23(30)31)29-24(32)33-13-21-19-7-3-1-5-17(19)18-6-2-4-8-20(18)21/h1-12,21-22H,13-14H2,(H,29,32)(H,30,31). The molecule has 1 amide bonds. The van der Waals surface area contributed by atoms with Crippen LogP contribution < -0.4 is 10.1 Å². The molecule has 1 aliphatic carbocycles. The van der Waals surface area contributed by atoms with Crippen molar-refractivity contribution in [3.63, 3.8) is 0 Å². The average molecular weight is 471 g/mol. The van der Waals surface area contributed by atoms with Crippen LogP contribution in [0.2, 0.25) is 0 Å². The minimum atomic E-state index is -4.49. The first-order valence-corrected chi connectivity index (χ1v) is 10.4. The number of hydrogen-bond donors (Lipinski definition) is 2. The Hall–Kier alpha value is -4.01. The first-order chi connectivity index (χ1) is 16.2. The normalized spacial score (nSPS) is 13.5. The number of alkyl carbamates (subject to hydrolysis) is 1. The monoisotopic (exact) mass is 471 g/mol. The van der Waals surface area contributed by atoms with Crippen LogP contribution in [0.25, 0.3) is 11.1 Å². The number of amides is 1. The second-order valence-electron chi connectivity index (χ2n) is 7.71. The van der Waals surface area contributed by atoms with E-state index in [4.69, 9.17) is 4.74 Å². The molecule has 0 fully saturated rings. The third-order valence-corrected chi connectivity index (χ3v) is 5.47. The van der Waals surface area contributed by atoms with E-state index < -0.39 is 30.9 Å². The van der Waals surface area contributed by atoms with E-state index in [-0.39, 0.29) is 23.8 Å². The number of rotatable bonds is 7. The van der Waals surface area contributed by atoms with Crippen molar-refractivity contribution in [3.05, 3.63) is 89.5 Å². The predicted octanol–water partition coefficient (Wildman–Crippen LogP) is 5.29. The molecule has 0 spiro atoms. The van der Waals surface area contributed by atoms with E-state index in [1.54, 1.807) is 0 Å². The maximum atomic E-state index is 12.4. The Morgan fingerprint density at radius 3 is 2.00 bits per heavy atom. The van der Waals surface area contributed by atoms with Crippen LogP contribution in [0.4, 0.5) is 18.0 Å². The highest BCUT2D eigenvalue weighted by Gasteiger charge is 2.30. The van der Waals surface area contributed by atoms with Gasteiger partial charge in [-0.25, -0.2) is 9.59 Å². The number of carboxylic acids is 1. The predicted molar refractivity (Wildman–Crippen MR) is 117 cm³/mol. The van der Waals surface area contributed by atoms with Gasteiger partial charge in [0.1, 0.15) is 12.4 Å². The molecular weight excluding hydrogens is 451 g/mol. The van der Waals surface area contributed by atoms with Crippen LogP contribution in [0.1, 0.15) is 28.7 Å². The molecule has 4 rings (SSSR count). The largest absolute Gasteiger partial charge is 0.484 e. The number of halogens is 3. The van der Waals surface area contributed by atoms with Crippen molar-refractivity contribution >= 4 is 12.1 Å². The van der Waals surface area contributed by atoms with Gasteiger partial charge < -0.3 is 19.9 Å². The Morgan fingerprint density at radius 1 is 0.912 bits per heavy atom. The van der Waals surface area contributed by atoms with Gasteiger partial charge in [0.2, 0.25) is 0 Å². The maximum absolute atomic E-state index is 12.4.